The number of nitrogens with two attached hydrogens (primary N) is 1. The van der Waals surface area contributed by atoms with Gasteiger partial charge >= 0.3 is 13.7 Å². The number of aliphatic hydroxyl groups is 2. The van der Waals surface area contributed by atoms with E-state index in [2.05, 4.69) is 33.2 Å². The summed E-state index contributed by atoms with van der Waals surface area (Å²) in [6.07, 6.45) is 3.60. The summed E-state index contributed by atoms with van der Waals surface area (Å²) in [6, 6.07) is 11.4. The van der Waals surface area contributed by atoms with E-state index in [1.807, 2.05) is 18.2 Å². The van der Waals surface area contributed by atoms with Gasteiger partial charge in [-0.15, -0.1) is 13.2 Å². The van der Waals surface area contributed by atoms with Gasteiger partial charge in [-0.05, 0) is 51.0 Å². The fraction of sp³-hybridized carbons (Fsp3) is 0.412. The molecule has 2 aromatic carbocycles. The van der Waals surface area contributed by atoms with Crippen molar-refractivity contribution in [3.8, 4) is 11.6 Å². The van der Waals surface area contributed by atoms with Crippen molar-refractivity contribution in [2.24, 2.45) is 0 Å². The van der Waals surface area contributed by atoms with Crippen LogP contribution in [-0.2, 0) is 23.4 Å². The Labute approximate surface area is 289 Å². The third-order valence-electron chi connectivity index (χ3n) is 8.10. The van der Waals surface area contributed by atoms with Crippen molar-refractivity contribution in [3.63, 3.8) is 0 Å². The average molecular weight is 711 g/mol. The van der Waals surface area contributed by atoms with E-state index in [-0.39, 0.29) is 42.0 Å². The first-order valence-corrected chi connectivity index (χ1v) is 17.8. The zero-order chi connectivity index (χ0) is 35.9. The summed E-state index contributed by atoms with van der Waals surface area (Å²) in [5, 5.41) is 26.9. The van der Waals surface area contributed by atoms with E-state index in [1.54, 1.807) is 36.4 Å². The van der Waals surface area contributed by atoms with Gasteiger partial charge in [0.25, 0.3) is 0 Å². The summed E-state index contributed by atoms with van der Waals surface area (Å²) in [5.41, 5.74) is 4.49. The standard InChI is InChI=1S/C34H43N6O9P/c1-5-7-9-12-19-46-31(42)22(3)39-50(44,49-25-17-13-15-23-14-10-11-16-24(23)25)47-20-26-28(41)34(4,43)32(48-26)40-21-36-27-29(40)37-33(35)38-30(27)45-18-8-6-2/h5-6,10-11,13-17,21-22,26,28,32,41,43H,1-2,7-9,12,18-20H2,3-4H3,(H,39,44)(H2,35,37,38)/t22-,26?,28+,32?,34+,50?/m0/s1. The highest BCUT2D eigenvalue weighted by Gasteiger charge is 2.54. The number of carbonyl (C=O) groups excluding carboxylic acids is 1. The van der Waals surface area contributed by atoms with Gasteiger partial charge in [0.15, 0.2) is 17.4 Å². The Morgan fingerprint density at radius 3 is 2.70 bits per heavy atom. The smallest absolute Gasteiger partial charge is 0.459 e. The lowest BCUT2D eigenvalue weighted by atomic mass is 9.96. The SMILES string of the molecule is C=CCCCCOC(=O)[C@H](C)NP(=O)(OCC1OC(n2cnc3c(OCCC=C)nc(N)nc32)[C@](C)(O)[C@@H]1O)Oc1cccc2ccccc12. The largest absolute Gasteiger partial charge is 0.476 e. The van der Waals surface area contributed by atoms with Crippen LogP contribution in [0.5, 0.6) is 11.6 Å². The molecule has 3 unspecified atom stereocenters. The minimum Gasteiger partial charge on any atom is -0.476 e. The maximum Gasteiger partial charge on any atom is 0.459 e. The van der Waals surface area contributed by atoms with E-state index in [1.165, 1.54) is 24.7 Å². The molecule has 1 saturated heterocycles. The molecule has 2 aromatic heterocycles. The molecule has 1 fully saturated rings. The number of benzene rings is 2. The van der Waals surface area contributed by atoms with Gasteiger partial charge in [-0.3, -0.25) is 13.9 Å². The Kier molecular flexibility index (Phi) is 11.9. The maximum absolute atomic E-state index is 14.4. The van der Waals surface area contributed by atoms with Gasteiger partial charge in [0.05, 0.1) is 26.1 Å². The number of aliphatic hydroxyl groups excluding tert-OH is 1. The molecule has 0 aliphatic carbocycles. The number of aromatic nitrogens is 4. The van der Waals surface area contributed by atoms with Crippen molar-refractivity contribution in [2.75, 3.05) is 25.6 Å². The minimum absolute atomic E-state index is 0.104. The van der Waals surface area contributed by atoms with E-state index in [9.17, 15) is 19.6 Å². The summed E-state index contributed by atoms with van der Waals surface area (Å²) in [6.45, 7) is 10.1. The zero-order valence-electron chi connectivity index (χ0n) is 28.0. The highest BCUT2D eigenvalue weighted by molar-refractivity contribution is 7.52. The van der Waals surface area contributed by atoms with Crippen molar-refractivity contribution >= 4 is 41.6 Å². The second-order valence-electron chi connectivity index (χ2n) is 12.0. The third-order valence-corrected chi connectivity index (χ3v) is 9.73. The summed E-state index contributed by atoms with van der Waals surface area (Å²) in [4.78, 5) is 25.6. The molecule has 6 atom stereocenters. The predicted octanol–water partition coefficient (Wildman–Crippen LogP) is 4.61. The lowest BCUT2D eigenvalue weighted by molar-refractivity contribution is -0.145. The highest BCUT2D eigenvalue weighted by atomic mass is 31.2. The number of carbonyl (C=O) groups is 1. The Balaban J connectivity index is 1.36. The number of imidazole rings is 1. The molecule has 1 aliphatic rings. The summed E-state index contributed by atoms with van der Waals surface area (Å²) in [7, 11) is -4.39. The maximum atomic E-state index is 14.4. The number of nitrogens with one attached hydrogen (secondary N) is 1. The Morgan fingerprint density at radius 2 is 1.92 bits per heavy atom. The lowest BCUT2D eigenvalue weighted by Gasteiger charge is -2.27. The van der Waals surface area contributed by atoms with Crippen molar-refractivity contribution < 1.29 is 42.8 Å². The number of hydrogen-bond acceptors (Lipinski definition) is 13. The normalized spacial score (nSPS) is 22.2. The first-order valence-electron chi connectivity index (χ1n) is 16.2. The number of fused-ring (bicyclic) bond motifs is 2. The second kappa shape index (κ2) is 16.1. The predicted molar refractivity (Wildman–Crippen MR) is 186 cm³/mol. The fourth-order valence-electron chi connectivity index (χ4n) is 5.44. The third kappa shape index (κ3) is 8.32. The first-order chi connectivity index (χ1) is 24.0. The van der Waals surface area contributed by atoms with Gasteiger partial charge in [0.2, 0.25) is 11.8 Å². The number of hydrogen-bond donors (Lipinski definition) is 4. The fourth-order valence-corrected chi connectivity index (χ4v) is 6.96. The van der Waals surface area contributed by atoms with Crippen LogP contribution in [-0.4, -0.2) is 79.4 Å². The van der Waals surface area contributed by atoms with Crippen molar-refractivity contribution in [1.29, 1.82) is 0 Å². The van der Waals surface area contributed by atoms with Crippen LogP contribution < -0.4 is 20.1 Å². The van der Waals surface area contributed by atoms with Crippen LogP contribution in [0.1, 0.15) is 45.8 Å². The molecular formula is C34H43N6O9P. The van der Waals surface area contributed by atoms with Crippen LogP contribution in [0.3, 0.4) is 0 Å². The first kappa shape index (κ1) is 36.9. The van der Waals surface area contributed by atoms with Crippen LogP contribution in [0.2, 0.25) is 0 Å². The van der Waals surface area contributed by atoms with Crippen molar-refractivity contribution in [2.45, 2.75) is 69.6 Å². The van der Waals surface area contributed by atoms with Crippen LogP contribution in [0.15, 0.2) is 74.1 Å². The Hall–Kier alpha value is -4.37. The molecule has 3 heterocycles. The summed E-state index contributed by atoms with van der Waals surface area (Å²) in [5.74, 6) is -0.397. The van der Waals surface area contributed by atoms with Crippen LogP contribution in [0, 0.1) is 0 Å². The Bertz CT molecular complexity index is 1860. The molecule has 0 saturated carbocycles. The van der Waals surface area contributed by atoms with Gasteiger partial charge < -0.3 is 34.7 Å². The second-order valence-corrected chi connectivity index (χ2v) is 13.7. The number of anilines is 1. The minimum atomic E-state index is -4.39. The van der Waals surface area contributed by atoms with Gasteiger partial charge in [-0.1, -0.05) is 48.6 Å². The van der Waals surface area contributed by atoms with E-state index in [0.29, 0.717) is 18.2 Å². The monoisotopic (exact) mass is 710 g/mol. The zero-order valence-corrected chi connectivity index (χ0v) is 28.9. The molecule has 4 aromatic rings. The molecule has 5 N–H and O–H groups in total. The molecule has 5 rings (SSSR count). The highest BCUT2D eigenvalue weighted by Crippen LogP contribution is 2.48. The molecule has 0 bridgehead atoms. The molecule has 1 aliphatic heterocycles. The van der Waals surface area contributed by atoms with Crippen molar-refractivity contribution in [1.82, 2.24) is 24.6 Å². The number of allylic oxidation sites excluding steroid dienone is 1. The van der Waals surface area contributed by atoms with E-state index in [0.717, 1.165) is 18.2 Å². The molecule has 15 nitrogen and oxygen atoms in total. The number of rotatable bonds is 18. The number of esters is 1. The molecule has 0 spiro atoms. The quantitative estimate of drug-likeness (QED) is 0.0483. The van der Waals surface area contributed by atoms with E-state index >= 15 is 0 Å². The molecule has 0 amide bonds. The van der Waals surface area contributed by atoms with Gasteiger partial charge in [0.1, 0.15) is 29.6 Å². The molecule has 268 valence electrons. The summed E-state index contributed by atoms with van der Waals surface area (Å²) < 4.78 is 44.9. The molecule has 16 heteroatoms. The van der Waals surface area contributed by atoms with Gasteiger partial charge in [0, 0.05) is 5.39 Å². The summed E-state index contributed by atoms with van der Waals surface area (Å²) >= 11 is 0. The lowest BCUT2D eigenvalue weighted by Crippen LogP contribution is -2.44. The molecular weight excluding hydrogens is 667 g/mol. The number of ether oxygens (including phenoxy) is 3. The van der Waals surface area contributed by atoms with Crippen LogP contribution in [0.4, 0.5) is 5.95 Å². The van der Waals surface area contributed by atoms with Crippen molar-refractivity contribution in [3.05, 3.63) is 74.1 Å². The Morgan fingerprint density at radius 1 is 1.16 bits per heavy atom. The van der Waals surface area contributed by atoms with Crippen LogP contribution in [0.25, 0.3) is 21.9 Å². The van der Waals surface area contributed by atoms with Crippen LogP contribution >= 0.6 is 7.75 Å². The van der Waals surface area contributed by atoms with Gasteiger partial charge in [-0.25, -0.2) is 9.55 Å². The number of nitrogen functional groups attached to an aromatic ring is 1. The van der Waals surface area contributed by atoms with Gasteiger partial charge in [-0.2, -0.15) is 15.1 Å². The molecule has 50 heavy (non-hydrogen) atoms. The average Bonchev–Trinajstić information content (AvgIpc) is 3.60. The number of unbranched alkanes of at least 4 members (excludes halogenated alkanes) is 2. The topological polar surface area (TPSA) is 202 Å². The number of nitrogens with zero attached hydrogens (tertiary/aromatic N) is 4. The molecule has 0 radical (unpaired) electrons. The van der Waals surface area contributed by atoms with E-state index in [4.69, 9.17) is 29.0 Å². The van der Waals surface area contributed by atoms with E-state index < -0.39 is 50.4 Å².